The molecule has 0 aliphatic heterocycles. The fraction of sp³-hybridized carbons (Fsp3) is 0.525. The summed E-state index contributed by atoms with van der Waals surface area (Å²) in [5, 5.41) is 11.1. The second-order valence-corrected chi connectivity index (χ2v) is 15.6. The zero-order valence-corrected chi connectivity index (χ0v) is 27.6. The van der Waals surface area contributed by atoms with Gasteiger partial charge in [0, 0.05) is 11.4 Å². The highest BCUT2D eigenvalue weighted by Crippen LogP contribution is 2.59. The van der Waals surface area contributed by atoms with Crippen LogP contribution >= 0.6 is 0 Å². The topological polar surface area (TPSA) is 49.4 Å². The number of rotatable bonds is 15. The third-order valence-corrected chi connectivity index (χ3v) is 12.2. The molecule has 4 saturated carbocycles. The summed E-state index contributed by atoms with van der Waals surface area (Å²) < 4.78 is 6.01. The molecule has 4 aliphatic rings. The van der Waals surface area contributed by atoms with E-state index in [9.17, 15) is 9.90 Å². The van der Waals surface area contributed by atoms with Crippen LogP contribution in [-0.4, -0.2) is 12.6 Å². The van der Waals surface area contributed by atoms with Crippen LogP contribution in [0.2, 0.25) is 0 Å². The van der Waals surface area contributed by atoms with Crippen LogP contribution in [0.1, 0.15) is 103 Å². The quantitative estimate of drug-likeness (QED) is 0.127. The molecule has 0 spiro atoms. The SMILES string of the molecule is CCCCCCCCCCCOc1ccc([S+](c2ccccc2)c2ccccc2)cc1.O=C([O-])C12CC3CC(CC(C3)C1)C2. The molecule has 4 fully saturated rings. The molecular formula is C40H52O3S. The fourth-order valence-electron chi connectivity index (χ4n) is 8.16. The molecule has 0 N–H and O–H groups in total. The Kier molecular flexibility index (Phi) is 12.3. The lowest BCUT2D eigenvalue weighted by molar-refractivity contribution is -0.327. The minimum absolute atomic E-state index is 0.0931. The summed E-state index contributed by atoms with van der Waals surface area (Å²) in [7, 11) is -0.0931. The molecule has 0 heterocycles. The summed E-state index contributed by atoms with van der Waals surface area (Å²) >= 11 is 0. The van der Waals surface area contributed by atoms with Crippen molar-refractivity contribution in [1.82, 2.24) is 0 Å². The van der Waals surface area contributed by atoms with E-state index < -0.39 is 11.4 Å². The van der Waals surface area contributed by atoms with Crippen LogP contribution in [0.4, 0.5) is 0 Å². The van der Waals surface area contributed by atoms with Crippen LogP contribution in [0.3, 0.4) is 0 Å². The Hall–Kier alpha value is -2.72. The van der Waals surface area contributed by atoms with E-state index in [2.05, 4.69) is 91.9 Å². The van der Waals surface area contributed by atoms with Crippen molar-refractivity contribution in [3.63, 3.8) is 0 Å². The number of carbonyl (C=O) groups is 1. The molecule has 236 valence electrons. The number of carboxylic acids is 1. The minimum Gasteiger partial charge on any atom is -0.550 e. The van der Waals surface area contributed by atoms with E-state index in [1.165, 1.54) is 85.3 Å². The first-order chi connectivity index (χ1) is 21.6. The molecular weight excluding hydrogens is 561 g/mol. The lowest BCUT2D eigenvalue weighted by atomic mass is 9.49. The second-order valence-electron chi connectivity index (χ2n) is 13.6. The maximum atomic E-state index is 11.1. The monoisotopic (exact) mass is 612 g/mol. The Morgan fingerprint density at radius 2 is 1.09 bits per heavy atom. The molecule has 7 rings (SSSR count). The van der Waals surface area contributed by atoms with Crippen molar-refractivity contribution >= 4 is 16.9 Å². The van der Waals surface area contributed by atoms with Crippen LogP contribution in [-0.2, 0) is 15.7 Å². The molecule has 0 unspecified atom stereocenters. The van der Waals surface area contributed by atoms with Gasteiger partial charge in [0.05, 0.1) is 17.5 Å². The largest absolute Gasteiger partial charge is 0.550 e. The van der Waals surface area contributed by atoms with Crippen LogP contribution in [0.5, 0.6) is 5.75 Å². The second kappa shape index (κ2) is 16.5. The number of aliphatic carboxylic acids is 1. The fourth-order valence-corrected chi connectivity index (χ4v) is 10.2. The van der Waals surface area contributed by atoms with Crippen molar-refractivity contribution in [3.05, 3.63) is 84.9 Å². The Morgan fingerprint density at radius 3 is 1.55 bits per heavy atom. The molecule has 4 heteroatoms. The first-order valence-electron chi connectivity index (χ1n) is 17.3. The molecule has 4 bridgehead atoms. The van der Waals surface area contributed by atoms with Crippen molar-refractivity contribution in [2.75, 3.05) is 6.61 Å². The summed E-state index contributed by atoms with van der Waals surface area (Å²) in [5.74, 6) is 2.36. The van der Waals surface area contributed by atoms with Crippen molar-refractivity contribution in [1.29, 1.82) is 0 Å². The molecule has 0 aromatic heterocycles. The number of unbranched alkanes of at least 4 members (excludes halogenated alkanes) is 8. The van der Waals surface area contributed by atoms with Crippen molar-refractivity contribution in [3.8, 4) is 5.75 Å². The van der Waals surface area contributed by atoms with E-state index in [0.717, 1.165) is 38.0 Å². The maximum absolute atomic E-state index is 11.1. The average molecular weight is 613 g/mol. The summed E-state index contributed by atoms with van der Waals surface area (Å²) in [4.78, 5) is 15.2. The van der Waals surface area contributed by atoms with Crippen LogP contribution in [0, 0.1) is 23.2 Å². The lowest BCUT2D eigenvalue weighted by Gasteiger charge is -2.57. The van der Waals surface area contributed by atoms with Crippen molar-refractivity contribution in [2.45, 2.75) is 118 Å². The number of hydrogen-bond acceptors (Lipinski definition) is 3. The minimum atomic E-state index is -0.758. The first kappa shape index (κ1) is 32.7. The Morgan fingerprint density at radius 1 is 0.659 bits per heavy atom. The van der Waals surface area contributed by atoms with E-state index in [1.807, 2.05) is 0 Å². The van der Waals surface area contributed by atoms with E-state index in [0.29, 0.717) is 17.8 Å². The third kappa shape index (κ3) is 8.93. The Labute approximate surface area is 269 Å². The first-order valence-corrected chi connectivity index (χ1v) is 18.6. The highest BCUT2D eigenvalue weighted by Gasteiger charge is 2.51. The number of carbonyl (C=O) groups excluding carboxylic acids is 1. The number of carboxylic acid groups (broad SMARTS) is 1. The standard InChI is InChI=1S/C29H37OS.C11H16O2/c1-2-3-4-5-6-7-8-9-16-25-30-26-21-23-29(24-22-26)31(27-17-12-10-13-18-27)28-19-14-11-15-20-28;12-10(13)11-4-7-1-8(5-11)3-9(2-7)6-11/h10-15,17-24H,2-9,16,25H2,1H3;7-9H,1-6H2,(H,12,13)/q+1;/p-1. The summed E-state index contributed by atoms with van der Waals surface area (Å²) in [5.41, 5.74) is -0.394. The predicted octanol–water partition coefficient (Wildman–Crippen LogP) is 9.64. The number of benzene rings is 3. The highest BCUT2D eigenvalue weighted by atomic mass is 32.2. The molecule has 3 aromatic carbocycles. The van der Waals surface area contributed by atoms with Gasteiger partial charge in [-0.1, -0.05) is 94.7 Å². The van der Waals surface area contributed by atoms with Gasteiger partial charge in [0.15, 0.2) is 14.7 Å². The van der Waals surface area contributed by atoms with Gasteiger partial charge in [-0.2, -0.15) is 0 Å². The van der Waals surface area contributed by atoms with Gasteiger partial charge in [-0.05, 0) is 111 Å². The van der Waals surface area contributed by atoms with E-state index in [-0.39, 0.29) is 10.9 Å². The molecule has 0 radical (unpaired) electrons. The van der Waals surface area contributed by atoms with Gasteiger partial charge >= 0.3 is 0 Å². The molecule has 4 aliphatic carbocycles. The predicted molar refractivity (Wildman–Crippen MR) is 180 cm³/mol. The smallest absolute Gasteiger partial charge is 0.166 e. The van der Waals surface area contributed by atoms with E-state index >= 15 is 0 Å². The van der Waals surface area contributed by atoms with Crippen LogP contribution in [0.25, 0.3) is 0 Å². The zero-order valence-electron chi connectivity index (χ0n) is 26.8. The lowest BCUT2D eigenvalue weighted by Crippen LogP contribution is -2.54. The van der Waals surface area contributed by atoms with Gasteiger partial charge in [-0.3, -0.25) is 0 Å². The average Bonchev–Trinajstić information content (AvgIpc) is 3.03. The number of ether oxygens (including phenoxy) is 1. The maximum Gasteiger partial charge on any atom is 0.166 e. The molecule has 0 amide bonds. The van der Waals surface area contributed by atoms with Crippen molar-refractivity contribution in [2.24, 2.45) is 23.2 Å². The van der Waals surface area contributed by atoms with E-state index in [1.54, 1.807) is 0 Å². The van der Waals surface area contributed by atoms with Crippen molar-refractivity contribution < 1.29 is 14.6 Å². The Balaban J connectivity index is 0.000000242. The van der Waals surface area contributed by atoms with Gasteiger partial charge in [-0.25, -0.2) is 0 Å². The molecule has 0 saturated heterocycles. The summed E-state index contributed by atoms with van der Waals surface area (Å²) in [6.45, 7) is 3.09. The van der Waals surface area contributed by atoms with Gasteiger partial charge in [0.25, 0.3) is 0 Å². The van der Waals surface area contributed by atoms with Crippen LogP contribution in [0.15, 0.2) is 99.6 Å². The highest BCUT2D eigenvalue weighted by molar-refractivity contribution is 7.97. The van der Waals surface area contributed by atoms with Gasteiger partial charge in [-0.15, -0.1) is 0 Å². The van der Waals surface area contributed by atoms with Crippen LogP contribution < -0.4 is 9.84 Å². The van der Waals surface area contributed by atoms with Gasteiger partial charge < -0.3 is 14.6 Å². The molecule has 3 aromatic rings. The summed E-state index contributed by atoms with van der Waals surface area (Å²) in [6, 6.07) is 30.3. The Bertz CT molecular complexity index is 1180. The molecule has 3 nitrogen and oxygen atoms in total. The van der Waals surface area contributed by atoms with E-state index in [4.69, 9.17) is 4.74 Å². The van der Waals surface area contributed by atoms with Gasteiger partial charge in [0.1, 0.15) is 5.75 Å². The normalized spacial score (nSPS) is 23.3. The van der Waals surface area contributed by atoms with Gasteiger partial charge in [0.2, 0.25) is 0 Å². The third-order valence-electron chi connectivity index (χ3n) is 10.0. The zero-order chi connectivity index (χ0) is 30.6. The molecule has 0 atom stereocenters. The number of hydrogen-bond donors (Lipinski definition) is 0. The molecule has 44 heavy (non-hydrogen) atoms. The summed E-state index contributed by atoms with van der Waals surface area (Å²) in [6.07, 6.45) is 18.7.